The quantitative estimate of drug-likeness (QED) is 0.562. The normalized spacial score (nSPS) is 13.5. The molecule has 6 heteroatoms. The summed E-state index contributed by atoms with van der Waals surface area (Å²) in [6, 6.07) is 13.8. The summed E-state index contributed by atoms with van der Waals surface area (Å²) in [6.45, 7) is 6.22. The highest BCUT2D eigenvalue weighted by molar-refractivity contribution is 5.34. The van der Waals surface area contributed by atoms with Gasteiger partial charge in [-0.25, -0.2) is 0 Å². The molecule has 2 aromatic carbocycles. The van der Waals surface area contributed by atoms with Crippen LogP contribution in [0.4, 0.5) is 5.69 Å². The number of ether oxygens (including phenoxy) is 1. The summed E-state index contributed by atoms with van der Waals surface area (Å²) >= 11 is 0. The summed E-state index contributed by atoms with van der Waals surface area (Å²) in [7, 11) is 0. The molecule has 25 heavy (non-hydrogen) atoms. The standard InChI is InChI=1S/C19H24N2O4/c1-13(2)25-18-6-4-5-16(11-18)19(22)12-20-14(3)15-7-9-17(10-8-15)21(23)24/h4-11,13-14,19-20,22H,12H2,1-3H3. The van der Waals surface area contributed by atoms with E-state index in [1.54, 1.807) is 12.1 Å². The summed E-state index contributed by atoms with van der Waals surface area (Å²) in [6.07, 6.45) is -0.594. The Labute approximate surface area is 147 Å². The molecule has 0 aliphatic heterocycles. The highest BCUT2D eigenvalue weighted by Gasteiger charge is 2.13. The van der Waals surface area contributed by atoms with Crippen molar-refractivity contribution in [3.63, 3.8) is 0 Å². The van der Waals surface area contributed by atoms with Crippen molar-refractivity contribution in [2.75, 3.05) is 6.54 Å². The Morgan fingerprint density at radius 2 is 1.80 bits per heavy atom. The van der Waals surface area contributed by atoms with Gasteiger partial charge >= 0.3 is 0 Å². The molecule has 0 spiro atoms. The monoisotopic (exact) mass is 344 g/mol. The van der Waals surface area contributed by atoms with E-state index in [0.717, 1.165) is 16.9 Å². The number of nitrogens with one attached hydrogen (secondary N) is 1. The lowest BCUT2D eigenvalue weighted by molar-refractivity contribution is -0.384. The van der Waals surface area contributed by atoms with Gasteiger partial charge in [0, 0.05) is 24.7 Å². The number of aliphatic hydroxyl groups is 1. The van der Waals surface area contributed by atoms with Crippen LogP contribution in [-0.2, 0) is 0 Å². The molecule has 0 heterocycles. The van der Waals surface area contributed by atoms with Gasteiger partial charge < -0.3 is 15.2 Å². The molecule has 0 saturated carbocycles. The molecule has 2 rings (SSSR count). The molecule has 2 N–H and O–H groups in total. The molecule has 2 unspecified atom stereocenters. The van der Waals surface area contributed by atoms with E-state index in [9.17, 15) is 15.2 Å². The third-order valence-electron chi connectivity index (χ3n) is 3.84. The van der Waals surface area contributed by atoms with E-state index in [2.05, 4.69) is 5.32 Å². The van der Waals surface area contributed by atoms with Gasteiger partial charge in [0.2, 0.25) is 0 Å². The molecule has 2 aromatic rings. The molecule has 0 aliphatic carbocycles. The van der Waals surface area contributed by atoms with Crippen LogP contribution in [0.25, 0.3) is 0 Å². The van der Waals surface area contributed by atoms with Crippen molar-refractivity contribution in [1.29, 1.82) is 0 Å². The predicted octanol–water partition coefficient (Wildman–Crippen LogP) is 3.77. The van der Waals surface area contributed by atoms with Gasteiger partial charge in [-0.2, -0.15) is 0 Å². The molecular formula is C19H24N2O4. The van der Waals surface area contributed by atoms with E-state index in [4.69, 9.17) is 4.74 Å². The first-order valence-corrected chi connectivity index (χ1v) is 8.29. The molecule has 0 radical (unpaired) electrons. The van der Waals surface area contributed by atoms with Crippen LogP contribution in [0.3, 0.4) is 0 Å². The van der Waals surface area contributed by atoms with Gasteiger partial charge in [0.1, 0.15) is 5.75 Å². The van der Waals surface area contributed by atoms with Gasteiger partial charge in [-0.1, -0.05) is 24.3 Å². The van der Waals surface area contributed by atoms with Crippen LogP contribution in [-0.4, -0.2) is 22.7 Å². The molecule has 0 aromatic heterocycles. The maximum Gasteiger partial charge on any atom is 0.269 e. The summed E-state index contributed by atoms with van der Waals surface area (Å²) in [5, 5.41) is 24.3. The Bertz CT molecular complexity index is 701. The van der Waals surface area contributed by atoms with Gasteiger partial charge in [0.05, 0.1) is 17.1 Å². The molecule has 6 nitrogen and oxygen atoms in total. The molecular weight excluding hydrogens is 320 g/mol. The smallest absolute Gasteiger partial charge is 0.269 e. The highest BCUT2D eigenvalue weighted by Crippen LogP contribution is 2.22. The number of nitro benzene ring substituents is 1. The Morgan fingerprint density at radius 3 is 2.40 bits per heavy atom. The average Bonchev–Trinajstić information content (AvgIpc) is 2.59. The first-order valence-electron chi connectivity index (χ1n) is 8.29. The maximum absolute atomic E-state index is 10.7. The fourth-order valence-corrected chi connectivity index (χ4v) is 2.48. The van der Waals surface area contributed by atoms with Gasteiger partial charge in [-0.3, -0.25) is 10.1 Å². The zero-order valence-corrected chi connectivity index (χ0v) is 14.7. The van der Waals surface area contributed by atoms with Crippen LogP contribution in [0.5, 0.6) is 5.75 Å². The minimum atomic E-state index is -0.670. The summed E-state index contributed by atoms with van der Waals surface area (Å²) in [5.74, 6) is 0.731. The summed E-state index contributed by atoms with van der Waals surface area (Å²) < 4.78 is 5.64. The largest absolute Gasteiger partial charge is 0.491 e. The number of hydrogen-bond acceptors (Lipinski definition) is 5. The third kappa shape index (κ3) is 5.55. The fraction of sp³-hybridized carbons (Fsp3) is 0.368. The lowest BCUT2D eigenvalue weighted by Gasteiger charge is -2.18. The number of rotatable bonds is 8. The maximum atomic E-state index is 10.7. The van der Waals surface area contributed by atoms with Crippen molar-refractivity contribution in [3.8, 4) is 5.75 Å². The van der Waals surface area contributed by atoms with Crippen molar-refractivity contribution >= 4 is 5.69 Å². The Kier molecular flexibility index (Phi) is 6.50. The Morgan fingerprint density at radius 1 is 1.12 bits per heavy atom. The highest BCUT2D eigenvalue weighted by atomic mass is 16.6. The van der Waals surface area contributed by atoms with E-state index in [1.165, 1.54) is 12.1 Å². The number of benzene rings is 2. The number of non-ortho nitro benzene ring substituents is 1. The molecule has 0 amide bonds. The van der Waals surface area contributed by atoms with Crippen LogP contribution in [0.15, 0.2) is 48.5 Å². The second-order valence-corrected chi connectivity index (χ2v) is 6.23. The van der Waals surface area contributed by atoms with Crippen molar-refractivity contribution in [1.82, 2.24) is 5.32 Å². The van der Waals surface area contributed by atoms with E-state index in [-0.39, 0.29) is 17.8 Å². The third-order valence-corrected chi connectivity index (χ3v) is 3.84. The van der Waals surface area contributed by atoms with Gasteiger partial charge in [0.15, 0.2) is 0 Å². The molecule has 0 bridgehead atoms. The summed E-state index contributed by atoms with van der Waals surface area (Å²) in [4.78, 5) is 10.3. The number of nitrogens with zero attached hydrogens (tertiary/aromatic N) is 1. The zero-order chi connectivity index (χ0) is 18.4. The van der Waals surface area contributed by atoms with E-state index < -0.39 is 11.0 Å². The van der Waals surface area contributed by atoms with Crippen LogP contribution >= 0.6 is 0 Å². The average molecular weight is 344 g/mol. The lowest BCUT2D eigenvalue weighted by Crippen LogP contribution is -2.24. The second-order valence-electron chi connectivity index (χ2n) is 6.23. The minimum absolute atomic E-state index is 0.0365. The topological polar surface area (TPSA) is 84.6 Å². The number of aliphatic hydroxyl groups excluding tert-OH is 1. The van der Waals surface area contributed by atoms with E-state index in [1.807, 2.05) is 45.0 Å². The molecule has 2 atom stereocenters. The van der Waals surface area contributed by atoms with Crippen LogP contribution in [0.1, 0.15) is 44.0 Å². The lowest BCUT2D eigenvalue weighted by atomic mass is 10.1. The van der Waals surface area contributed by atoms with Crippen molar-refractivity contribution in [3.05, 3.63) is 69.8 Å². The predicted molar refractivity (Wildman–Crippen MR) is 96.7 cm³/mol. The van der Waals surface area contributed by atoms with Crippen molar-refractivity contribution in [2.24, 2.45) is 0 Å². The Hall–Kier alpha value is -2.44. The van der Waals surface area contributed by atoms with Gasteiger partial charge in [0.25, 0.3) is 5.69 Å². The number of hydrogen-bond donors (Lipinski definition) is 2. The van der Waals surface area contributed by atoms with Gasteiger partial charge in [-0.05, 0) is 44.0 Å². The van der Waals surface area contributed by atoms with Gasteiger partial charge in [-0.15, -0.1) is 0 Å². The SMILES string of the molecule is CC(C)Oc1cccc(C(O)CNC(C)c2ccc([N+](=O)[O-])cc2)c1. The summed E-state index contributed by atoms with van der Waals surface area (Å²) in [5.41, 5.74) is 1.77. The fourth-order valence-electron chi connectivity index (χ4n) is 2.48. The second kappa shape index (κ2) is 8.60. The zero-order valence-electron chi connectivity index (χ0n) is 14.7. The molecule has 0 fully saturated rings. The minimum Gasteiger partial charge on any atom is -0.491 e. The number of nitro groups is 1. The van der Waals surface area contributed by atoms with Crippen molar-refractivity contribution < 1.29 is 14.8 Å². The molecule has 0 aliphatic rings. The van der Waals surface area contributed by atoms with Crippen LogP contribution < -0.4 is 10.1 Å². The molecule has 0 saturated heterocycles. The van der Waals surface area contributed by atoms with Crippen molar-refractivity contribution in [2.45, 2.75) is 39.0 Å². The van der Waals surface area contributed by atoms with Crippen LogP contribution in [0.2, 0.25) is 0 Å². The Balaban J connectivity index is 1.94. The first-order chi connectivity index (χ1) is 11.9. The first kappa shape index (κ1) is 18.9. The van der Waals surface area contributed by atoms with E-state index in [0.29, 0.717) is 6.54 Å². The van der Waals surface area contributed by atoms with E-state index >= 15 is 0 Å². The molecule has 134 valence electrons. The van der Waals surface area contributed by atoms with Crippen LogP contribution in [0, 0.1) is 10.1 Å².